The van der Waals surface area contributed by atoms with Crippen molar-refractivity contribution in [2.45, 2.75) is 26.7 Å². The van der Waals surface area contributed by atoms with E-state index in [9.17, 15) is 4.79 Å². The predicted octanol–water partition coefficient (Wildman–Crippen LogP) is 1.99. The Morgan fingerprint density at radius 2 is 1.94 bits per heavy atom. The number of benzene rings is 1. The summed E-state index contributed by atoms with van der Waals surface area (Å²) >= 11 is 0. The van der Waals surface area contributed by atoms with Crippen molar-refractivity contribution in [2.24, 2.45) is 0 Å². The highest BCUT2D eigenvalue weighted by Crippen LogP contribution is 2.12. The van der Waals surface area contributed by atoms with E-state index in [1.54, 1.807) is 0 Å². The van der Waals surface area contributed by atoms with Crippen LogP contribution in [0.15, 0.2) is 18.2 Å². The number of aryl methyl sites for hydroxylation is 3. The van der Waals surface area contributed by atoms with Crippen LogP contribution in [0, 0.1) is 13.8 Å². The Hall–Kier alpha value is -1.06. The minimum absolute atomic E-state index is 0. The van der Waals surface area contributed by atoms with Gasteiger partial charge in [0.05, 0.1) is 0 Å². The number of hydrogen-bond acceptors (Lipinski definition) is 2. The SMILES string of the molecule is CNCCNC(=O)CCc1ccc(C)cc1C.Cl. The molecule has 0 aliphatic rings. The van der Waals surface area contributed by atoms with Crippen LogP contribution >= 0.6 is 12.4 Å². The normalized spacial score (nSPS) is 9.72. The summed E-state index contributed by atoms with van der Waals surface area (Å²) in [5.41, 5.74) is 3.80. The molecule has 1 amide bonds. The van der Waals surface area contributed by atoms with Crippen LogP contribution in [0.3, 0.4) is 0 Å². The van der Waals surface area contributed by atoms with Gasteiger partial charge in [-0.25, -0.2) is 0 Å². The smallest absolute Gasteiger partial charge is 0.220 e. The fraction of sp³-hybridized carbons (Fsp3) is 0.500. The summed E-state index contributed by atoms with van der Waals surface area (Å²) in [5, 5.41) is 5.88. The maximum absolute atomic E-state index is 11.5. The number of nitrogens with one attached hydrogen (secondary N) is 2. The van der Waals surface area contributed by atoms with Crippen molar-refractivity contribution in [3.63, 3.8) is 0 Å². The molecule has 2 N–H and O–H groups in total. The molecule has 0 fully saturated rings. The van der Waals surface area contributed by atoms with E-state index in [2.05, 4.69) is 42.7 Å². The van der Waals surface area contributed by atoms with Gasteiger partial charge in [-0.2, -0.15) is 0 Å². The molecule has 4 heteroatoms. The van der Waals surface area contributed by atoms with Crippen LogP contribution in [0.2, 0.25) is 0 Å². The van der Waals surface area contributed by atoms with Gasteiger partial charge in [-0.1, -0.05) is 23.8 Å². The molecule has 102 valence electrons. The molecule has 0 heterocycles. The Kier molecular flexibility index (Phi) is 8.42. The molecule has 1 aromatic rings. The highest BCUT2D eigenvalue weighted by atomic mass is 35.5. The third kappa shape index (κ3) is 6.03. The van der Waals surface area contributed by atoms with Gasteiger partial charge in [-0.05, 0) is 38.4 Å². The van der Waals surface area contributed by atoms with Crippen molar-refractivity contribution < 1.29 is 4.79 Å². The van der Waals surface area contributed by atoms with Gasteiger partial charge < -0.3 is 10.6 Å². The van der Waals surface area contributed by atoms with Gasteiger partial charge in [0, 0.05) is 19.5 Å². The molecule has 0 saturated heterocycles. The molecule has 1 rings (SSSR count). The number of hydrogen-bond donors (Lipinski definition) is 2. The number of rotatable bonds is 6. The van der Waals surface area contributed by atoms with E-state index >= 15 is 0 Å². The number of amides is 1. The van der Waals surface area contributed by atoms with Gasteiger partial charge in [-0.3, -0.25) is 4.79 Å². The highest BCUT2D eigenvalue weighted by Gasteiger charge is 2.03. The van der Waals surface area contributed by atoms with Gasteiger partial charge in [0.1, 0.15) is 0 Å². The molecule has 18 heavy (non-hydrogen) atoms. The zero-order chi connectivity index (χ0) is 12.7. The Morgan fingerprint density at radius 3 is 2.56 bits per heavy atom. The van der Waals surface area contributed by atoms with Gasteiger partial charge in [0.15, 0.2) is 0 Å². The lowest BCUT2D eigenvalue weighted by Crippen LogP contribution is -2.30. The number of halogens is 1. The van der Waals surface area contributed by atoms with Crippen molar-refractivity contribution in [1.82, 2.24) is 10.6 Å². The van der Waals surface area contributed by atoms with E-state index in [-0.39, 0.29) is 18.3 Å². The van der Waals surface area contributed by atoms with E-state index < -0.39 is 0 Å². The van der Waals surface area contributed by atoms with Crippen LogP contribution in [-0.4, -0.2) is 26.0 Å². The first-order chi connectivity index (χ1) is 8.13. The molecule has 0 saturated carbocycles. The Labute approximate surface area is 116 Å². The van der Waals surface area contributed by atoms with Gasteiger partial charge in [0.2, 0.25) is 5.91 Å². The molecule has 3 nitrogen and oxygen atoms in total. The molecule has 0 aliphatic carbocycles. The summed E-state index contributed by atoms with van der Waals surface area (Å²) in [7, 11) is 1.88. The molecule has 1 aromatic carbocycles. The second kappa shape index (κ2) is 8.95. The fourth-order valence-electron chi connectivity index (χ4n) is 1.79. The van der Waals surface area contributed by atoms with Crippen molar-refractivity contribution in [3.05, 3.63) is 34.9 Å². The van der Waals surface area contributed by atoms with Crippen LogP contribution in [0.5, 0.6) is 0 Å². The summed E-state index contributed by atoms with van der Waals surface area (Å²) < 4.78 is 0. The standard InChI is InChI=1S/C14H22N2O.ClH/c1-11-4-5-13(12(2)10-11)6-7-14(17)16-9-8-15-3;/h4-5,10,15H,6-9H2,1-3H3,(H,16,17);1H. The topological polar surface area (TPSA) is 41.1 Å². The second-order valence-corrected chi connectivity index (χ2v) is 4.38. The average molecular weight is 271 g/mol. The van der Waals surface area contributed by atoms with E-state index in [4.69, 9.17) is 0 Å². The predicted molar refractivity (Wildman–Crippen MR) is 78.4 cm³/mol. The molecule has 0 aliphatic heterocycles. The first kappa shape index (κ1) is 16.9. The zero-order valence-electron chi connectivity index (χ0n) is 11.4. The minimum atomic E-state index is 0. The fourth-order valence-corrected chi connectivity index (χ4v) is 1.79. The number of carbonyl (C=O) groups excluding carboxylic acids is 1. The van der Waals surface area contributed by atoms with Crippen LogP contribution in [-0.2, 0) is 11.2 Å². The first-order valence-electron chi connectivity index (χ1n) is 6.11. The minimum Gasteiger partial charge on any atom is -0.355 e. The lowest BCUT2D eigenvalue weighted by molar-refractivity contribution is -0.121. The highest BCUT2D eigenvalue weighted by molar-refractivity contribution is 5.85. The molecular formula is C14H23ClN2O. The molecule has 0 bridgehead atoms. The van der Waals surface area contributed by atoms with Crippen LogP contribution in [0.25, 0.3) is 0 Å². The van der Waals surface area contributed by atoms with Crippen LogP contribution in [0.1, 0.15) is 23.1 Å². The third-order valence-electron chi connectivity index (χ3n) is 2.82. The Morgan fingerprint density at radius 1 is 1.22 bits per heavy atom. The quantitative estimate of drug-likeness (QED) is 0.777. The Bertz CT molecular complexity index is 380. The van der Waals surface area contributed by atoms with Crippen molar-refractivity contribution in [2.75, 3.05) is 20.1 Å². The average Bonchev–Trinajstić information content (AvgIpc) is 2.28. The maximum Gasteiger partial charge on any atom is 0.220 e. The van der Waals surface area contributed by atoms with E-state index in [0.717, 1.165) is 13.0 Å². The lowest BCUT2D eigenvalue weighted by Gasteiger charge is -2.07. The van der Waals surface area contributed by atoms with E-state index in [1.807, 2.05) is 7.05 Å². The van der Waals surface area contributed by atoms with Crippen molar-refractivity contribution in [1.29, 1.82) is 0 Å². The maximum atomic E-state index is 11.5. The summed E-state index contributed by atoms with van der Waals surface area (Å²) in [4.78, 5) is 11.5. The largest absolute Gasteiger partial charge is 0.355 e. The van der Waals surface area contributed by atoms with Gasteiger partial charge in [-0.15, -0.1) is 12.4 Å². The summed E-state index contributed by atoms with van der Waals surface area (Å²) in [6, 6.07) is 6.38. The van der Waals surface area contributed by atoms with Gasteiger partial charge >= 0.3 is 0 Å². The molecule has 0 spiro atoms. The summed E-state index contributed by atoms with van der Waals surface area (Å²) in [6.45, 7) is 5.69. The first-order valence-corrected chi connectivity index (χ1v) is 6.11. The van der Waals surface area contributed by atoms with Crippen LogP contribution in [0.4, 0.5) is 0 Å². The molecule has 0 aromatic heterocycles. The molecule has 0 unspecified atom stereocenters. The van der Waals surface area contributed by atoms with Crippen LogP contribution < -0.4 is 10.6 Å². The zero-order valence-corrected chi connectivity index (χ0v) is 12.2. The summed E-state index contributed by atoms with van der Waals surface area (Å²) in [6.07, 6.45) is 1.38. The Balaban J connectivity index is 0.00000289. The number of carbonyl (C=O) groups is 1. The lowest BCUT2D eigenvalue weighted by atomic mass is 10.0. The molecule has 0 radical (unpaired) electrons. The molecule has 0 atom stereocenters. The molecular weight excluding hydrogens is 248 g/mol. The van der Waals surface area contributed by atoms with E-state index in [0.29, 0.717) is 13.0 Å². The van der Waals surface area contributed by atoms with E-state index in [1.165, 1.54) is 16.7 Å². The third-order valence-corrected chi connectivity index (χ3v) is 2.82. The summed E-state index contributed by atoms with van der Waals surface area (Å²) in [5.74, 6) is 0.125. The van der Waals surface area contributed by atoms with Crippen molar-refractivity contribution >= 4 is 18.3 Å². The number of likely N-dealkylation sites (N-methyl/N-ethyl adjacent to an activating group) is 1. The van der Waals surface area contributed by atoms with Gasteiger partial charge in [0.25, 0.3) is 0 Å². The van der Waals surface area contributed by atoms with Crippen molar-refractivity contribution in [3.8, 4) is 0 Å². The monoisotopic (exact) mass is 270 g/mol. The second-order valence-electron chi connectivity index (χ2n) is 4.38.